The standard InChI is InChI=1S/C14H22N2O2/c1-3-7-13(11-8-5-4-6-9-11)16-14(17)12(15)10-18-2/h4-6,8-9,12-13H,3,7,10,15H2,1-2H3,(H,16,17). The number of carbonyl (C=O) groups excluding carboxylic acids is 1. The molecule has 0 radical (unpaired) electrons. The number of methoxy groups -OCH3 is 1. The van der Waals surface area contributed by atoms with Gasteiger partial charge in [0.2, 0.25) is 5.91 Å². The van der Waals surface area contributed by atoms with E-state index >= 15 is 0 Å². The van der Waals surface area contributed by atoms with Crippen molar-refractivity contribution in [3.8, 4) is 0 Å². The van der Waals surface area contributed by atoms with Crippen molar-refractivity contribution >= 4 is 5.91 Å². The summed E-state index contributed by atoms with van der Waals surface area (Å²) in [5.74, 6) is -0.167. The van der Waals surface area contributed by atoms with E-state index in [-0.39, 0.29) is 18.6 Å². The predicted octanol–water partition coefficient (Wildman–Crippen LogP) is 1.62. The van der Waals surface area contributed by atoms with Crippen molar-refractivity contribution < 1.29 is 9.53 Å². The quantitative estimate of drug-likeness (QED) is 0.773. The number of carbonyl (C=O) groups is 1. The highest BCUT2D eigenvalue weighted by Crippen LogP contribution is 2.17. The monoisotopic (exact) mass is 250 g/mol. The van der Waals surface area contributed by atoms with Crippen LogP contribution in [0.3, 0.4) is 0 Å². The summed E-state index contributed by atoms with van der Waals surface area (Å²) in [6.07, 6.45) is 1.90. The number of ether oxygens (including phenoxy) is 1. The fourth-order valence-electron chi connectivity index (χ4n) is 1.83. The minimum absolute atomic E-state index is 0.0200. The first-order chi connectivity index (χ1) is 8.69. The third kappa shape index (κ3) is 4.47. The summed E-state index contributed by atoms with van der Waals surface area (Å²) in [5, 5.41) is 2.97. The number of hydrogen-bond donors (Lipinski definition) is 2. The van der Waals surface area contributed by atoms with E-state index in [9.17, 15) is 4.79 Å². The van der Waals surface area contributed by atoms with Gasteiger partial charge in [0.05, 0.1) is 12.6 Å². The van der Waals surface area contributed by atoms with Crippen LogP contribution < -0.4 is 11.1 Å². The minimum atomic E-state index is -0.613. The Morgan fingerprint density at radius 1 is 1.39 bits per heavy atom. The average molecular weight is 250 g/mol. The van der Waals surface area contributed by atoms with Gasteiger partial charge in [0.15, 0.2) is 0 Å². The lowest BCUT2D eigenvalue weighted by Crippen LogP contribution is -2.44. The van der Waals surface area contributed by atoms with Gasteiger partial charge in [0.1, 0.15) is 6.04 Å². The van der Waals surface area contributed by atoms with E-state index in [1.165, 1.54) is 7.11 Å². The number of amides is 1. The molecule has 1 aromatic carbocycles. The van der Waals surface area contributed by atoms with Crippen molar-refractivity contribution in [2.24, 2.45) is 5.73 Å². The molecule has 0 aliphatic carbocycles. The molecule has 100 valence electrons. The molecule has 0 heterocycles. The summed E-state index contributed by atoms with van der Waals surface area (Å²) in [6.45, 7) is 2.33. The second kappa shape index (κ2) is 7.84. The molecule has 1 amide bonds. The molecule has 2 atom stereocenters. The smallest absolute Gasteiger partial charge is 0.239 e. The van der Waals surface area contributed by atoms with E-state index in [0.717, 1.165) is 18.4 Å². The van der Waals surface area contributed by atoms with Gasteiger partial charge in [-0.1, -0.05) is 43.7 Å². The molecule has 0 fully saturated rings. The summed E-state index contributed by atoms with van der Waals surface area (Å²) in [7, 11) is 1.54. The second-order valence-electron chi connectivity index (χ2n) is 4.32. The molecule has 0 saturated heterocycles. The highest BCUT2D eigenvalue weighted by Gasteiger charge is 2.18. The fourth-order valence-corrected chi connectivity index (χ4v) is 1.83. The van der Waals surface area contributed by atoms with Crippen molar-refractivity contribution in [1.29, 1.82) is 0 Å². The van der Waals surface area contributed by atoms with E-state index in [2.05, 4.69) is 12.2 Å². The number of nitrogens with two attached hydrogens (primary N) is 1. The first-order valence-electron chi connectivity index (χ1n) is 6.28. The molecule has 0 bridgehead atoms. The van der Waals surface area contributed by atoms with Crippen molar-refractivity contribution in [2.75, 3.05) is 13.7 Å². The molecule has 4 nitrogen and oxygen atoms in total. The van der Waals surface area contributed by atoms with Gasteiger partial charge in [-0.05, 0) is 12.0 Å². The van der Waals surface area contributed by atoms with Crippen molar-refractivity contribution in [3.05, 3.63) is 35.9 Å². The fraction of sp³-hybridized carbons (Fsp3) is 0.500. The van der Waals surface area contributed by atoms with E-state index < -0.39 is 6.04 Å². The van der Waals surface area contributed by atoms with Crippen molar-refractivity contribution in [2.45, 2.75) is 31.8 Å². The lowest BCUT2D eigenvalue weighted by Gasteiger charge is -2.20. The van der Waals surface area contributed by atoms with Gasteiger partial charge in [0, 0.05) is 7.11 Å². The van der Waals surface area contributed by atoms with Crippen LogP contribution in [0.15, 0.2) is 30.3 Å². The Hall–Kier alpha value is -1.39. The molecule has 1 aromatic rings. The van der Waals surface area contributed by atoms with Crippen LogP contribution in [0.4, 0.5) is 0 Å². The number of nitrogens with one attached hydrogen (secondary N) is 1. The number of benzene rings is 1. The summed E-state index contributed by atoms with van der Waals surface area (Å²) >= 11 is 0. The van der Waals surface area contributed by atoms with E-state index in [1.54, 1.807) is 0 Å². The first kappa shape index (κ1) is 14.7. The Balaban J connectivity index is 2.66. The van der Waals surface area contributed by atoms with E-state index in [4.69, 9.17) is 10.5 Å². The highest BCUT2D eigenvalue weighted by atomic mass is 16.5. The maximum atomic E-state index is 11.9. The molecule has 0 aliphatic rings. The van der Waals surface area contributed by atoms with Crippen LogP contribution in [-0.2, 0) is 9.53 Å². The molecular formula is C14H22N2O2. The first-order valence-corrected chi connectivity index (χ1v) is 6.28. The Morgan fingerprint density at radius 3 is 2.61 bits per heavy atom. The molecule has 0 aromatic heterocycles. The van der Waals surface area contributed by atoms with Crippen LogP contribution in [0.2, 0.25) is 0 Å². The lowest BCUT2D eigenvalue weighted by atomic mass is 10.0. The zero-order valence-electron chi connectivity index (χ0n) is 11.1. The van der Waals surface area contributed by atoms with Gasteiger partial charge in [-0.3, -0.25) is 4.79 Å². The van der Waals surface area contributed by atoms with Crippen molar-refractivity contribution in [3.63, 3.8) is 0 Å². The normalized spacial score (nSPS) is 13.9. The highest BCUT2D eigenvalue weighted by molar-refractivity contribution is 5.82. The van der Waals surface area contributed by atoms with Gasteiger partial charge in [-0.2, -0.15) is 0 Å². The number of hydrogen-bond acceptors (Lipinski definition) is 3. The van der Waals surface area contributed by atoms with Crippen LogP contribution >= 0.6 is 0 Å². The minimum Gasteiger partial charge on any atom is -0.383 e. The summed E-state index contributed by atoms with van der Waals surface area (Å²) < 4.78 is 4.89. The third-order valence-electron chi connectivity index (χ3n) is 2.78. The molecule has 0 spiro atoms. The maximum absolute atomic E-state index is 11.9. The van der Waals surface area contributed by atoms with Crippen LogP contribution in [0.25, 0.3) is 0 Å². The summed E-state index contributed by atoms with van der Waals surface area (Å²) in [5.41, 5.74) is 6.82. The topological polar surface area (TPSA) is 64.4 Å². The van der Waals surface area contributed by atoms with Crippen molar-refractivity contribution in [1.82, 2.24) is 5.32 Å². The molecule has 18 heavy (non-hydrogen) atoms. The molecule has 1 rings (SSSR count). The summed E-state index contributed by atoms with van der Waals surface area (Å²) in [4.78, 5) is 11.9. The Labute approximate surface area is 109 Å². The summed E-state index contributed by atoms with van der Waals surface area (Å²) in [6, 6.07) is 9.35. The number of rotatable bonds is 7. The maximum Gasteiger partial charge on any atom is 0.239 e. The van der Waals surface area contributed by atoms with E-state index in [1.807, 2.05) is 30.3 Å². The Kier molecular flexibility index (Phi) is 6.39. The molecule has 4 heteroatoms. The molecule has 0 aliphatic heterocycles. The zero-order chi connectivity index (χ0) is 13.4. The van der Waals surface area contributed by atoms with Crippen LogP contribution in [0, 0.1) is 0 Å². The average Bonchev–Trinajstić information content (AvgIpc) is 2.39. The Morgan fingerprint density at radius 2 is 2.06 bits per heavy atom. The van der Waals surface area contributed by atoms with E-state index in [0.29, 0.717) is 0 Å². The van der Waals surface area contributed by atoms with Crippen LogP contribution in [-0.4, -0.2) is 25.7 Å². The predicted molar refractivity (Wildman–Crippen MR) is 72.1 cm³/mol. The zero-order valence-corrected chi connectivity index (χ0v) is 11.1. The van der Waals surface area contributed by atoms with Gasteiger partial charge >= 0.3 is 0 Å². The lowest BCUT2D eigenvalue weighted by molar-refractivity contribution is -0.124. The Bertz CT molecular complexity index is 354. The van der Waals surface area contributed by atoms with Gasteiger partial charge in [-0.15, -0.1) is 0 Å². The third-order valence-corrected chi connectivity index (χ3v) is 2.78. The molecule has 3 N–H and O–H groups in total. The van der Waals surface area contributed by atoms with Crippen LogP contribution in [0.5, 0.6) is 0 Å². The molecular weight excluding hydrogens is 228 g/mol. The second-order valence-corrected chi connectivity index (χ2v) is 4.32. The molecule has 2 unspecified atom stereocenters. The van der Waals surface area contributed by atoms with Gasteiger partial charge in [-0.25, -0.2) is 0 Å². The van der Waals surface area contributed by atoms with Gasteiger partial charge in [0.25, 0.3) is 0 Å². The van der Waals surface area contributed by atoms with Gasteiger partial charge < -0.3 is 15.8 Å². The molecule has 0 saturated carbocycles. The largest absolute Gasteiger partial charge is 0.383 e. The SMILES string of the molecule is CCCC(NC(=O)C(N)COC)c1ccccc1. The van der Waals surface area contributed by atoms with Crippen LogP contribution in [0.1, 0.15) is 31.4 Å².